The summed E-state index contributed by atoms with van der Waals surface area (Å²) in [7, 11) is 0. The lowest BCUT2D eigenvalue weighted by Gasteiger charge is -2.18. The van der Waals surface area contributed by atoms with Crippen molar-refractivity contribution in [3.05, 3.63) is 53.6 Å². The van der Waals surface area contributed by atoms with E-state index in [9.17, 15) is 4.79 Å². The summed E-state index contributed by atoms with van der Waals surface area (Å²) in [6.07, 6.45) is 0. The fraction of sp³-hybridized carbons (Fsp3) is 0.167. The van der Waals surface area contributed by atoms with Crippen LogP contribution in [0.4, 0.5) is 6.01 Å². The molecule has 0 aliphatic carbocycles. The highest BCUT2D eigenvalue weighted by Crippen LogP contribution is 2.34. The predicted octanol–water partition coefficient (Wildman–Crippen LogP) is 3.07. The normalized spacial score (nSPS) is 12.7. The van der Waals surface area contributed by atoms with Crippen LogP contribution in [0.15, 0.2) is 46.9 Å². The molecule has 126 valence electrons. The van der Waals surface area contributed by atoms with E-state index in [1.807, 2.05) is 19.1 Å². The van der Waals surface area contributed by atoms with Gasteiger partial charge in [0, 0.05) is 11.1 Å². The molecule has 1 aromatic heterocycles. The Morgan fingerprint density at radius 3 is 2.56 bits per heavy atom. The molecule has 0 saturated carbocycles. The van der Waals surface area contributed by atoms with Crippen molar-refractivity contribution in [1.29, 1.82) is 0 Å². The van der Waals surface area contributed by atoms with Crippen molar-refractivity contribution in [2.45, 2.75) is 6.92 Å². The minimum Gasteiger partial charge on any atom is -0.486 e. The topological polar surface area (TPSA) is 86.5 Å². The average Bonchev–Trinajstić information content (AvgIpc) is 3.10. The quantitative estimate of drug-likeness (QED) is 0.790. The van der Waals surface area contributed by atoms with Crippen LogP contribution in [0.25, 0.3) is 11.5 Å². The van der Waals surface area contributed by atoms with Crippen LogP contribution in [0.5, 0.6) is 11.5 Å². The molecule has 3 aromatic rings. The fourth-order valence-electron chi connectivity index (χ4n) is 2.44. The van der Waals surface area contributed by atoms with Crippen molar-refractivity contribution in [2.75, 3.05) is 18.5 Å². The van der Waals surface area contributed by atoms with Crippen LogP contribution >= 0.6 is 0 Å². The molecule has 7 heteroatoms. The third-order valence-electron chi connectivity index (χ3n) is 3.75. The van der Waals surface area contributed by atoms with Crippen molar-refractivity contribution in [1.82, 2.24) is 10.2 Å². The molecule has 2 heterocycles. The number of hydrogen-bond donors (Lipinski definition) is 1. The monoisotopic (exact) mass is 337 g/mol. The van der Waals surface area contributed by atoms with Gasteiger partial charge in [-0.15, -0.1) is 5.10 Å². The number of benzene rings is 2. The first-order chi connectivity index (χ1) is 12.2. The molecular formula is C18H15N3O4. The predicted molar refractivity (Wildman–Crippen MR) is 89.9 cm³/mol. The van der Waals surface area contributed by atoms with Crippen LogP contribution < -0.4 is 14.8 Å². The van der Waals surface area contributed by atoms with E-state index in [1.165, 1.54) is 0 Å². The maximum absolute atomic E-state index is 12.2. The number of ether oxygens (including phenoxy) is 2. The van der Waals surface area contributed by atoms with Gasteiger partial charge < -0.3 is 13.9 Å². The highest BCUT2D eigenvalue weighted by molar-refractivity contribution is 6.03. The number of carbonyl (C=O) groups excluding carboxylic acids is 1. The number of rotatable bonds is 3. The molecule has 7 nitrogen and oxygen atoms in total. The van der Waals surface area contributed by atoms with Crippen LogP contribution in [-0.4, -0.2) is 29.3 Å². The van der Waals surface area contributed by atoms with Gasteiger partial charge >= 0.3 is 6.01 Å². The van der Waals surface area contributed by atoms with Crippen molar-refractivity contribution in [2.24, 2.45) is 0 Å². The van der Waals surface area contributed by atoms with Crippen LogP contribution in [0.3, 0.4) is 0 Å². The summed E-state index contributed by atoms with van der Waals surface area (Å²) in [5.41, 5.74) is 2.28. The zero-order chi connectivity index (χ0) is 17.2. The maximum Gasteiger partial charge on any atom is 0.322 e. The van der Waals surface area contributed by atoms with Crippen LogP contribution in [-0.2, 0) is 0 Å². The third kappa shape index (κ3) is 3.16. The molecule has 0 bridgehead atoms. The molecule has 1 N–H and O–H groups in total. The molecule has 25 heavy (non-hydrogen) atoms. The molecule has 0 unspecified atom stereocenters. The second-order valence-electron chi connectivity index (χ2n) is 5.59. The minimum absolute atomic E-state index is 0.0375. The first-order valence-electron chi connectivity index (χ1n) is 7.80. The van der Waals surface area contributed by atoms with Crippen LogP contribution in [0.2, 0.25) is 0 Å². The number of amides is 1. The fourth-order valence-corrected chi connectivity index (χ4v) is 2.44. The van der Waals surface area contributed by atoms with E-state index in [-0.39, 0.29) is 17.8 Å². The van der Waals surface area contributed by atoms with Gasteiger partial charge in [0.2, 0.25) is 5.89 Å². The molecule has 0 fully saturated rings. The number of anilines is 1. The van der Waals surface area contributed by atoms with Gasteiger partial charge in [-0.2, -0.15) is 0 Å². The minimum atomic E-state index is -0.308. The van der Waals surface area contributed by atoms with E-state index in [2.05, 4.69) is 15.5 Å². The number of aryl methyl sites for hydroxylation is 1. The largest absolute Gasteiger partial charge is 0.486 e. The highest BCUT2D eigenvalue weighted by Gasteiger charge is 2.16. The number of nitrogens with zero attached hydrogens (tertiary/aromatic N) is 2. The van der Waals surface area contributed by atoms with E-state index in [1.54, 1.807) is 30.3 Å². The molecule has 1 amide bonds. The van der Waals surface area contributed by atoms with Gasteiger partial charge in [0.1, 0.15) is 13.2 Å². The summed E-state index contributed by atoms with van der Waals surface area (Å²) in [6.45, 7) is 2.99. The van der Waals surface area contributed by atoms with Gasteiger partial charge in [0.15, 0.2) is 11.5 Å². The summed E-state index contributed by atoms with van der Waals surface area (Å²) in [5, 5.41) is 10.4. The lowest BCUT2D eigenvalue weighted by molar-refractivity contribution is 0.102. The lowest BCUT2D eigenvalue weighted by Crippen LogP contribution is -2.15. The Bertz CT molecular complexity index is 918. The Balaban J connectivity index is 1.52. The molecule has 4 rings (SSSR count). The van der Waals surface area contributed by atoms with Crippen LogP contribution in [0.1, 0.15) is 15.9 Å². The standard InChI is InChI=1S/C18H15N3O4/c1-11-2-4-12(5-3-11)16(22)19-18-21-20-17(25-18)13-6-7-14-15(10-13)24-9-8-23-14/h2-7,10H,8-9H2,1H3,(H,19,21,22). The Morgan fingerprint density at radius 2 is 1.76 bits per heavy atom. The van der Waals surface area contributed by atoms with Gasteiger partial charge in [-0.05, 0) is 37.3 Å². The van der Waals surface area contributed by atoms with Crippen LogP contribution in [0, 0.1) is 6.92 Å². The Morgan fingerprint density at radius 1 is 1.00 bits per heavy atom. The van der Waals surface area contributed by atoms with Crippen molar-refractivity contribution >= 4 is 11.9 Å². The lowest BCUT2D eigenvalue weighted by atomic mass is 10.1. The average molecular weight is 337 g/mol. The number of carbonyl (C=O) groups is 1. The second kappa shape index (κ2) is 6.27. The van der Waals surface area contributed by atoms with E-state index in [0.29, 0.717) is 35.8 Å². The molecule has 0 radical (unpaired) electrons. The summed E-state index contributed by atoms with van der Waals surface area (Å²) in [5.74, 6) is 1.29. The molecule has 1 aliphatic heterocycles. The Labute approximate surface area is 143 Å². The number of nitrogens with one attached hydrogen (secondary N) is 1. The van der Waals surface area contributed by atoms with Gasteiger partial charge in [-0.3, -0.25) is 10.1 Å². The molecule has 0 spiro atoms. The highest BCUT2D eigenvalue weighted by atomic mass is 16.6. The van der Waals surface area contributed by atoms with Crippen molar-refractivity contribution in [3.63, 3.8) is 0 Å². The van der Waals surface area contributed by atoms with Crippen molar-refractivity contribution < 1.29 is 18.7 Å². The Kier molecular flexibility index (Phi) is 3.81. The van der Waals surface area contributed by atoms with Gasteiger partial charge in [0.25, 0.3) is 5.91 Å². The van der Waals surface area contributed by atoms with Crippen molar-refractivity contribution in [3.8, 4) is 23.0 Å². The second-order valence-corrected chi connectivity index (χ2v) is 5.59. The van der Waals surface area contributed by atoms with E-state index in [0.717, 1.165) is 5.56 Å². The summed E-state index contributed by atoms with van der Waals surface area (Å²) in [4.78, 5) is 12.2. The molecule has 1 aliphatic rings. The zero-order valence-corrected chi connectivity index (χ0v) is 13.5. The number of aromatic nitrogens is 2. The summed E-state index contributed by atoms with van der Waals surface area (Å²) < 4.78 is 16.5. The zero-order valence-electron chi connectivity index (χ0n) is 13.5. The summed E-state index contributed by atoms with van der Waals surface area (Å²) in [6, 6.07) is 12.6. The van der Waals surface area contributed by atoms with E-state index >= 15 is 0 Å². The van der Waals surface area contributed by atoms with E-state index < -0.39 is 0 Å². The first-order valence-corrected chi connectivity index (χ1v) is 7.80. The maximum atomic E-state index is 12.2. The first kappa shape index (κ1) is 15.2. The van der Waals surface area contributed by atoms with Gasteiger partial charge in [-0.1, -0.05) is 22.8 Å². The molecular weight excluding hydrogens is 322 g/mol. The SMILES string of the molecule is Cc1ccc(C(=O)Nc2nnc(-c3ccc4c(c3)OCCO4)o2)cc1. The number of fused-ring (bicyclic) bond motifs is 1. The molecule has 2 aromatic carbocycles. The van der Waals surface area contributed by atoms with Gasteiger partial charge in [0.05, 0.1) is 0 Å². The third-order valence-corrected chi connectivity index (χ3v) is 3.75. The van der Waals surface area contributed by atoms with E-state index in [4.69, 9.17) is 13.9 Å². The Hall–Kier alpha value is -3.35. The van der Waals surface area contributed by atoms with Gasteiger partial charge in [-0.25, -0.2) is 0 Å². The smallest absolute Gasteiger partial charge is 0.322 e. The molecule has 0 saturated heterocycles. The number of hydrogen-bond acceptors (Lipinski definition) is 6. The summed E-state index contributed by atoms with van der Waals surface area (Å²) >= 11 is 0. The molecule has 0 atom stereocenters.